The van der Waals surface area contributed by atoms with Crippen LogP contribution in [0.4, 0.5) is 0 Å². The Kier molecular flexibility index (Phi) is 4.60. The van der Waals surface area contributed by atoms with Crippen LogP contribution in [0.3, 0.4) is 0 Å². The van der Waals surface area contributed by atoms with Crippen LogP contribution < -0.4 is 10.6 Å². The molecular formula is C16H19N5O. The minimum absolute atomic E-state index is 0.143. The first-order valence-corrected chi connectivity index (χ1v) is 7.45. The molecular weight excluding hydrogens is 278 g/mol. The molecule has 2 aromatic heterocycles. The predicted octanol–water partition coefficient (Wildman–Crippen LogP) is 1.51. The standard InChI is InChI=1S/C16H19N5O/c22-16(19-10-3-12-1-6-17-7-2-12)15-14(11-20-21-15)13-4-8-18-9-5-13/h3-5,8-9,11,17H,1-2,6-7,10H2,(H,19,22)(H,20,21). The maximum atomic E-state index is 12.3. The number of H-pyrrole nitrogens is 1. The Hall–Kier alpha value is -2.47. The third kappa shape index (κ3) is 3.40. The van der Waals surface area contributed by atoms with Gasteiger partial charge in [0.2, 0.25) is 0 Å². The fraction of sp³-hybridized carbons (Fsp3) is 0.312. The lowest BCUT2D eigenvalue weighted by Gasteiger charge is -2.15. The number of nitrogens with one attached hydrogen (secondary N) is 3. The number of piperidine rings is 1. The minimum atomic E-state index is -0.143. The molecule has 2 aromatic rings. The van der Waals surface area contributed by atoms with Crippen molar-refractivity contribution in [2.45, 2.75) is 12.8 Å². The van der Waals surface area contributed by atoms with Gasteiger partial charge in [-0.3, -0.25) is 14.9 Å². The number of aromatic nitrogens is 3. The van der Waals surface area contributed by atoms with Crippen molar-refractivity contribution < 1.29 is 4.79 Å². The number of nitrogens with zero attached hydrogens (tertiary/aromatic N) is 2. The third-order valence-electron chi connectivity index (χ3n) is 3.76. The van der Waals surface area contributed by atoms with Crippen molar-refractivity contribution in [1.29, 1.82) is 0 Å². The number of aromatic amines is 1. The van der Waals surface area contributed by atoms with Crippen LogP contribution in [0.15, 0.2) is 42.4 Å². The lowest BCUT2D eigenvalue weighted by atomic mass is 10.1. The highest BCUT2D eigenvalue weighted by Crippen LogP contribution is 2.20. The van der Waals surface area contributed by atoms with Crippen LogP contribution in [0.5, 0.6) is 0 Å². The summed E-state index contributed by atoms with van der Waals surface area (Å²) in [5.74, 6) is -0.143. The number of pyridine rings is 1. The number of hydrogen-bond donors (Lipinski definition) is 3. The lowest BCUT2D eigenvalue weighted by Crippen LogP contribution is -2.26. The fourth-order valence-electron chi connectivity index (χ4n) is 2.54. The van der Waals surface area contributed by atoms with Gasteiger partial charge in [-0.1, -0.05) is 11.6 Å². The van der Waals surface area contributed by atoms with E-state index in [1.54, 1.807) is 18.6 Å². The maximum absolute atomic E-state index is 12.3. The molecule has 0 unspecified atom stereocenters. The molecule has 6 heteroatoms. The van der Waals surface area contributed by atoms with Gasteiger partial charge in [0.25, 0.3) is 5.91 Å². The molecule has 3 N–H and O–H groups in total. The molecule has 114 valence electrons. The van der Waals surface area contributed by atoms with Crippen molar-refractivity contribution in [3.05, 3.63) is 48.1 Å². The van der Waals surface area contributed by atoms with Crippen LogP contribution in [0, 0.1) is 0 Å². The van der Waals surface area contributed by atoms with Crippen molar-refractivity contribution in [3.63, 3.8) is 0 Å². The zero-order valence-corrected chi connectivity index (χ0v) is 12.3. The second-order valence-corrected chi connectivity index (χ2v) is 5.22. The smallest absolute Gasteiger partial charge is 0.270 e. The van der Waals surface area contributed by atoms with E-state index < -0.39 is 0 Å². The van der Waals surface area contributed by atoms with E-state index in [2.05, 4.69) is 31.9 Å². The molecule has 0 radical (unpaired) electrons. The van der Waals surface area contributed by atoms with Crippen molar-refractivity contribution in [2.75, 3.05) is 19.6 Å². The molecule has 1 aliphatic heterocycles. The van der Waals surface area contributed by atoms with Crippen LogP contribution >= 0.6 is 0 Å². The number of amides is 1. The Morgan fingerprint density at radius 2 is 2.05 bits per heavy atom. The highest BCUT2D eigenvalue weighted by atomic mass is 16.1. The summed E-state index contributed by atoms with van der Waals surface area (Å²) in [5.41, 5.74) is 3.59. The summed E-state index contributed by atoms with van der Waals surface area (Å²) in [4.78, 5) is 16.3. The van der Waals surface area contributed by atoms with E-state index in [9.17, 15) is 4.79 Å². The normalized spacial score (nSPS) is 14.6. The molecule has 1 aliphatic rings. The second kappa shape index (κ2) is 7.00. The van der Waals surface area contributed by atoms with Gasteiger partial charge in [0.1, 0.15) is 5.69 Å². The molecule has 3 heterocycles. The molecule has 1 saturated heterocycles. The summed E-state index contributed by atoms with van der Waals surface area (Å²) < 4.78 is 0. The van der Waals surface area contributed by atoms with Gasteiger partial charge in [0.15, 0.2) is 0 Å². The van der Waals surface area contributed by atoms with Gasteiger partial charge >= 0.3 is 0 Å². The Balaban J connectivity index is 1.65. The van der Waals surface area contributed by atoms with E-state index in [1.807, 2.05) is 12.1 Å². The summed E-state index contributed by atoms with van der Waals surface area (Å²) in [6.07, 6.45) is 9.29. The van der Waals surface area contributed by atoms with Crippen LogP contribution in [-0.2, 0) is 0 Å². The zero-order chi connectivity index (χ0) is 15.2. The van der Waals surface area contributed by atoms with Crippen molar-refractivity contribution >= 4 is 5.91 Å². The molecule has 0 saturated carbocycles. The molecule has 0 atom stereocenters. The second-order valence-electron chi connectivity index (χ2n) is 5.22. The predicted molar refractivity (Wildman–Crippen MR) is 84.3 cm³/mol. The van der Waals surface area contributed by atoms with E-state index in [1.165, 1.54) is 5.57 Å². The van der Waals surface area contributed by atoms with Gasteiger partial charge in [0, 0.05) is 24.5 Å². The van der Waals surface area contributed by atoms with Gasteiger partial charge in [0.05, 0.1) is 6.20 Å². The highest BCUT2D eigenvalue weighted by molar-refractivity contribution is 5.98. The molecule has 6 nitrogen and oxygen atoms in total. The number of hydrogen-bond acceptors (Lipinski definition) is 4. The summed E-state index contributed by atoms with van der Waals surface area (Å²) >= 11 is 0. The monoisotopic (exact) mass is 297 g/mol. The molecule has 3 rings (SSSR count). The summed E-state index contributed by atoms with van der Waals surface area (Å²) in [6.45, 7) is 2.59. The van der Waals surface area contributed by atoms with Gasteiger partial charge in [-0.25, -0.2) is 0 Å². The first kappa shape index (κ1) is 14.5. The van der Waals surface area contributed by atoms with Crippen LogP contribution in [0.25, 0.3) is 11.1 Å². The lowest BCUT2D eigenvalue weighted by molar-refractivity contribution is 0.0953. The Labute approximate surface area is 129 Å². The van der Waals surface area contributed by atoms with Crippen LogP contribution in [-0.4, -0.2) is 40.7 Å². The quantitative estimate of drug-likeness (QED) is 0.747. The molecule has 0 aliphatic carbocycles. The Morgan fingerprint density at radius 1 is 1.27 bits per heavy atom. The molecule has 0 bridgehead atoms. The SMILES string of the molecule is O=C(NCC=C1CCNCC1)c1[nH]ncc1-c1ccncc1. The van der Waals surface area contributed by atoms with Crippen molar-refractivity contribution in [2.24, 2.45) is 0 Å². The Morgan fingerprint density at radius 3 is 2.82 bits per heavy atom. The van der Waals surface area contributed by atoms with Gasteiger partial charge in [-0.2, -0.15) is 5.10 Å². The fourth-order valence-corrected chi connectivity index (χ4v) is 2.54. The van der Waals surface area contributed by atoms with Crippen molar-refractivity contribution in [3.8, 4) is 11.1 Å². The first-order chi connectivity index (χ1) is 10.8. The molecule has 1 fully saturated rings. The van der Waals surface area contributed by atoms with Crippen LogP contribution in [0.2, 0.25) is 0 Å². The van der Waals surface area contributed by atoms with Gasteiger partial charge < -0.3 is 10.6 Å². The number of carbonyl (C=O) groups is 1. The third-order valence-corrected chi connectivity index (χ3v) is 3.76. The molecule has 22 heavy (non-hydrogen) atoms. The number of rotatable bonds is 4. The van der Waals surface area contributed by atoms with E-state index in [4.69, 9.17) is 0 Å². The number of carbonyl (C=O) groups excluding carboxylic acids is 1. The van der Waals surface area contributed by atoms with E-state index in [0.29, 0.717) is 12.2 Å². The van der Waals surface area contributed by atoms with Crippen LogP contribution in [0.1, 0.15) is 23.3 Å². The zero-order valence-electron chi connectivity index (χ0n) is 12.3. The average Bonchev–Trinajstić information content (AvgIpc) is 3.06. The average molecular weight is 297 g/mol. The van der Waals surface area contributed by atoms with Gasteiger partial charge in [-0.05, 0) is 43.6 Å². The topological polar surface area (TPSA) is 82.7 Å². The van der Waals surface area contributed by atoms with E-state index >= 15 is 0 Å². The van der Waals surface area contributed by atoms with Crippen molar-refractivity contribution in [1.82, 2.24) is 25.8 Å². The molecule has 1 amide bonds. The van der Waals surface area contributed by atoms with Gasteiger partial charge in [-0.15, -0.1) is 0 Å². The summed E-state index contributed by atoms with van der Waals surface area (Å²) in [7, 11) is 0. The highest BCUT2D eigenvalue weighted by Gasteiger charge is 2.14. The Bertz CT molecular complexity index is 654. The first-order valence-electron chi connectivity index (χ1n) is 7.45. The molecule has 0 aromatic carbocycles. The minimum Gasteiger partial charge on any atom is -0.347 e. The summed E-state index contributed by atoms with van der Waals surface area (Å²) in [5, 5.41) is 13.0. The molecule has 0 spiro atoms. The summed E-state index contributed by atoms with van der Waals surface area (Å²) in [6, 6.07) is 3.72. The van der Waals surface area contributed by atoms with E-state index in [-0.39, 0.29) is 5.91 Å². The maximum Gasteiger partial charge on any atom is 0.270 e. The van der Waals surface area contributed by atoms with E-state index in [0.717, 1.165) is 37.1 Å². The largest absolute Gasteiger partial charge is 0.347 e.